The second-order valence-electron chi connectivity index (χ2n) is 8.63. The Labute approximate surface area is 188 Å². The third-order valence-electron chi connectivity index (χ3n) is 6.19. The molecule has 1 aromatic heterocycles. The van der Waals surface area contributed by atoms with Gasteiger partial charge >= 0.3 is 6.03 Å². The summed E-state index contributed by atoms with van der Waals surface area (Å²) in [7, 11) is 0. The molecule has 32 heavy (non-hydrogen) atoms. The molecule has 1 unspecified atom stereocenters. The van der Waals surface area contributed by atoms with Gasteiger partial charge in [0, 0.05) is 19.5 Å². The van der Waals surface area contributed by atoms with Crippen molar-refractivity contribution in [2.24, 2.45) is 0 Å². The number of likely N-dealkylation sites (tertiary alicyclic amines) is 1. The van der Waals surface area contributed by atoms with Gasteiger partial charge in [-0.1, -0.05) is 42.5 Å². The fourth-order valence-electron chi connectivity index (χ4n) is 4.35. The van der Waals surface area contributed by atoms with E-state index in [1.54, 1.807) is 0 Å². The van der Waals surface area contributed by atoms with Gasteiger partial charge in [-0.3, -0.25) is 4.79 Å². The average molecular weight is 441 g/mol. The SMILES string of the molecule is CCCNC(=O)NCc1nnn2c1COC1(CCN(C(=O)CCCc3ccccc3)C1)C2. The highest BCUT2D eigenvalue weighted by molar-refractivity contribution is 5.76. The van der Waals surface area contributed by atoms with E-state index in [0.717, 1.165) is 37.1 Å². The number of nitrogens with one attached hydrogen (secondary N) is 2. The molecule has 0 radical (unpaired) electrons. The van der Waals surface area contributed by atoms with Gasteiger partial charge < -0.3 is 20.3 Å². The van der Waals surface area contributed by atoms with Crippen molar-refractivity contribution in [3.8, 4) is 0 Å². The number of carbonyl (C=O) groups is 2. The normalized spacial score (nSPS) is 19.7. The van der Waals surface area contributed by atoms with E-state index in [1.165, 1.54) is 5.56 Å². The van der Waals surface area contributed by atoms with Gasteiger partial charge in [0.05, 0.1) is 31.9 Å². The van der Waals surface area contributed by atoms with Crippen molar-refractivity contribution < 1.29 is 14.3 Å². The Bertz CT molecular complexity index is 931. The van der Waals surface area contributed by atoms with Gasteiger partial charge in [0.1, 0.15) is 11.3 Å². The third-order valence-corrected chi connectivity index (χ3v) is 6.19. The summed E-state index contributed by atoms with van der Waals surface area (Å²) < 4.78 is 8.12. The molecule has 0 aliphatic carbocycles. The van der Waals surface area contributed by atoms with E-state index in [2.05, 4.69) is 33.1 Å². The maximum atomic E-state index is 12.7. The smallest absolute Gasteiger partial charge is 0.315 e. The Balaban J connectivity index is 1.26. The minimum Gasteiger partial charge on any atom is -0.365 e. The van der Waals surface area contributed by atoms with Crippen LogP contribution in [0.5, 0.6) is 0 Å². The van der Waals surface area contributed by atoms with Crippen LogP contribution in [0, 0.1) is 0 Å². The minimum atomic E-state index is -0.404. The number of benzene rings is 1. The van der Waals surface area contributed by atoms with E-state index in [1.807, 2.05) is 34.7 Å². The lowest BCUT2D eigenvalue weighted by Crippen LogP contribution is -2.45. The lowest BCUT2D eigenvalue weighted by molar-refractivity contribution is -0.133. The minimum absolute atomic E-state index is 0.189. The maximum Gasteiger partial charge on any atom is 0.315 e. The van der Waals surface area contributed by atoms with Crippen LogP contribution >= 0.6 is 0 Å². The number of carbonyl (C=O) groups excluding carboxylic acids is 2. The first kappa shape index (κ1) is 22.3. The van der Waals surface area contributed by atoms with Crippen molar-refractivity contribution in [1.82, 2.24) is 30.5 Å². The Morgan fingerprint density at radius 1 is 1.19 bits per heavy atom. The fraction of sp³-hybridized carbons (Fsp3) is 0.565. The molecular formula is C23H32N6O3. The number of urea groups is 1. The molecule has 9 nitrogen and oxygen atoms in total. The van der Waals surface area contributed by atoms with Gasteiger partial charge in [0.15, 0.2) is 0 Å². The number of ether oxygens (including phenoxy) is 1. The molecule has 9 heteroatoms. The number of rotatable bonds is 8. The lowest BCUT2D eigenvalue weighted by atomic mass is 10.0. The van der Waals surface area contributed by atoms with Crippen LogP contribution in [0.15, 0.2) is 30.3 Å². The first-order valence-electron chi connectivity index (χ1n) is 11.5. The van der Waals surface area contributed by atoms with Gasteiger partial charge in [0.2, 0.25) is 5.91 Å². The van der Waals surface area contributed by atoms with E-state index in [9.17, 15) is 9.59 Å². The zero-order chi connectivity index (χ0) is 22.4. The van der Waals surface area contributed by atoms with Crippen molar-refractivity contribution in [1.29, 1.82) is 0 Å². The molecule has 0 saturated carbocycles. The second kappa shape index (κ2) is 10.1. The van der Waals surface area contributed by atoms with Crippen LogP contribution in [-0.4, -0.2) is 57.1 Å². The number of aryl methyl sites for hydroxylation is 1. The molecule has 3 amide bonds. The summed E-state index contributed by atoms with van der Waals surface area (Å²) in [5, 5.41) is 14.1. The van der Waals surface area contributed by atoms with Gasteiger partial charge in [-0.2, -0.15) is 0 Å². The Morgan fingerprint density at radius 2 is 2.03 bits per heavy atom. The topological polar surface area (TPSA) is 101 Å². The largest absolute Gasteiger partial charge is 0.365 e. The molecule has 1 saturated heterocycles. The van der Waals surface area contributed by atoms with Gasteiger partial charge in [0.25, 0.3) is 0 Å². The first-order chi connectivity index (χ1) is 15.6. The van der Waals surface area contributed by atoms with Crippen LogP contribution in [0.2, 0.25) is 0 Å². The summed E-state index contributed by atoms with van der Waals surface area (Å²) in [5.41, 5.74) is 2.47. The molecule has 1 aromatic carbocycles. The molecule has 3 heterocycles. The Morgan fingerprint density at radius 3 is 2.84 bits per heavy atom. The Hall–Kier alpha value is -2.94. The van der Waals surface area contributed by atoms with Crippen molar-refractivity contribution in [3.05, 3.63) is 47.3 Å². The van der Waals surface area contributed by atoms with Crippen LogP contribution in [0.4, 0.5) is 4.79 Å². The van der Waals surface area contributed by atoms with Gasteiger partial charge in [-0.15, -0.1) is 5.10 Å². The van der Waals surface area contributed by atoms with E-state index in [0.29, 0.717) is 45.8 Å². The summed E-state index contributed by atoms with van der Waals surface area (Å²) >= 11 is 0. The Kier molecular flexibility index (Phi) is 7.04. The maximum absolute atomic E-state index is 12.7. The number of amides is 3. The molecule has 4 rings (SSSR count). The number of fused-ring (bicyclic) bond motifs is 1. The highest BCUT2D eigenvalue weighted by Crippen LogP contribution is 2.33. The first-order valence-corrected chi connectivity index (χ1v) is 11.5. The summed E-state index contributed by atoms with van der Waals surface area (Å²) in [6.45, 7) is 5.21. The second-order valence-corrected chi connectivity index (χ2v) is 8.63. The molecule has 2 N–H and O–H groups in total. The van der Waals surface area contributed by atoms with Crippen LogP contribution in [-0.2, 0) is 35.6 Å². The molecule has 2 aliphatic rings. The van der Waals surface area contributed by atoms with Crippen molar-refractivity contribution >= 4 is 11.9 Å². The van der Waals surface area contributed by atoms with E-state index in [4.69, 9.17) is 4.74 Å². The summed E-state index contributed by atoms with van der Waals surface area (Å²) in [6.07, 6.45) is 4.00. The quantitative estimate of drug-likeness (QED) is 0.654. The molecule has 172 valence electrons. The van der Waals surface area contributed by atoms with Crippen LogP contribution in [0.3, 0.4) is 0 Å². The lowest BCUT2D eigenvalue weighted by Gasteiger charge is -2.34. The highest BCUT2D eigenvalue weighted by Gasteiger charge is 2.44. The monoisotopic (exact) mass is 440 g/mol. The number of hydrogen-bond acceptors (Lipinski definition) is 5. The van der Waals surface area contributed by atoms with Gasteiger partial charge in [-0.25, -0.2) is 9.48 Å². The molecule has 1 atom stereocenters. The third kappa shape index (κ3) is 5.27. The average Bonchev–Trinajstić information content (AvgIpc) is 3.41. The number of nitrogens with zero attached hydrogens (tertiary/aromatic N) is 4. The molecule has 2 aliphatic heterocycles. The molecular weight excluding hydrogens is 408 g/mol. The molecule has 1 fully saturated rings. The number of hydrogen-bond donors (Lipinski definition) is 2. The van der Waals surface area contributed by atoms with Gasteiger partial charge in [-0.05, 0) is 31.2 Å². The van der Waals surface area contributed by atoms with E-state index in [-0.39, 0.29) is 11.9 Å². The fourth-order valence-corrected chi connectivity index (χ4v) is 4.35. The highest BCUT2D eigenvalue weighted by atomic mass is 16.5. The molecule has 2 aromatic rings. The van der Waals surface area contributed by atoms with Crippen molar-refractivity contribution in [3.63, 3.8) is 0 Å². The van der Waals surface area contributed by atoms with Crippen LogP contribution in [0.25, 0.3) is 0 Å². The zero-order valence-electron chi connectivity index (χ0n) is 18.7. The predicted molar refractivity (Wildman–Crippen MR) is 119 cm³/mol. The summed E-state index contributed by atoms with van der Waals surface area (Å²) in [4.78, 5) is 26.4. The molecule has 1 spiro atoms. The van der Waals surface area contributed by atoms with Crippen LogP contribution in [0.1, 0.15) is 49.6 Å². The zero-order valence-corrected chi connectivity index (χ0v) is 18.7. The van der Waals surface area contributed by atoms with Crippen molar-refractivity contribution in [2.75, 3.05) is 19.6 Å². The number of aromatic nitrogens is 3. The van der Waals surface area contributed by atoms with Crippen molar-refractivity contribution in [2.45, 2.75) is 64.3 Å². The van der Waals surface area contributed by atoms with E-state index >= 15 is 0 Å². The van der Waals surface area contributed by atoms with Crippen LogP contribution < -0.4 is 10.6 Å². The van der Waals surface area contributed by atoms with E-state index < -0.39 is 5.60 Å². The standard InChI is InChI=1S/C23H32N6O3/c1-2-12-24-22(31)25-14-19-20-15-32-23(17-29(20)27-26-19)11-13-28(16-23)21(30)10-6-9-18-7-4-3-5-8-18/h3-5,7-8H,2,6,9-17H2,1H3,(H2,24,25,31). The predicted octanol–water partition coefficient (Wildman–Crippen LogP) is 2.01. The summed E-state index contributed by atoms with van der Waals surface area (Å²) in [5.74, 6) is 0.189. The summed E-state index contributed by atoms with van der Waals surface area (Å²) in [6, 6.07) is 10.1. The molecule has 0 bridgehead atoms.